The molecule has 160 valence electrons. The average Bonchev–Trinajstić information content (AvgIpc) is 3.39. The number of nitrogens with zero attached hydrogens (tertiary/aromatic N) is 2. The van der Waals surface area contributed by atoms with Gasteiger partial charge in [-0.1, -0.05) is 29.8 Å². The smallest absolute Gasteiger partial charge is 0.307 e. The maximum Gasteiger partial charge on any atom is 0.307 e. The van der Waals surface area contributed by atoms with Gasteiger partial charge in [0.25, 0.3) is 0 Å². The molecule has 0 radical (unpaired) electrons. The molecule has 0 unspecified atom stereocenters. The Kier molecular flexibility index (Phi) is 6.25. The van der Waals surface area contributed by atoms with Crippen LogP contribution in [0.15, 0.2) is 59.1 Å². The van der Waals surface area contributed by atoms with E-state index >= 15 is 0 Å². The number of nitrogens with one attached hydrogen (secondary N) is 1. The Bertz CT molecular complexity index is 1100. The summed E-state index contributed by atoms with van der Waals surface area (Å²) in [6, 6.07) is 14.9. The molecule has 1 aliphatic heterocycles. The number of aromatic nitrogens is 1. The van der Waals surface area contributed by atoms with Crippen LogP contribution in [0.1, 0.15) is 35.5 Å². The van der Waals surface area contributed by atoms with Crippen molar-refractivity contribution < 1.29 is 13.9 Å². The number of benzene rings is 1. The monoisotopic (exact) mass is 455 g/mol. The molecule has 2 aromatic heterocycles. The van der Waals surface area contributed by atoms with Crippen molar-refractivity contribution in [1.82, 2.24) is 15.2 Å². The Morgan fingerprint density at radius 1 is 1.26 bits per heavy atom. The molecule has 1 aliphatic rings. The number of methoxy groups -OCH3 is 1. The molecule has 0 aliphatic carbocycles. The van der Waals surface area contributed by atoms with E-state index in [1.165, 1.54) is 7.11 Å². The summed E-state index contributed by atoms with van der Waals surface area (Å²) in [5, 5.41) is 4.57. The Morgan fingerprint density at radius 2 is 2.10 bits per heavy atom. The Labute approximate surface area is 191 Å². The fraction of sp³-hybridized carbons (Fsp3) is 0.261. The maximum atomic E-state index is 11.8. The van der Waals surface area contributed by atoms with E-state index in [1.54, 1.807) is 6.20 Å². The molecule has 31 heavy (non-hydrogen) atoms. The summed E-state index contributed by atoms with van der Waals surface area (Å²) in [7, 11) is 1.38. The van der Waals surface area contributed by atoms with Gasteiger partial charge < -0.3 is 19.4 Å². The van der Waals surface area contributed by atoms with Crippen LogP contribution in [0.3, 0.4) is 0 Å². The largest absolute Gasteiger partial charge is 0.469 e. The van der Waals surface area contributed by atoms with Crippen LogP contribution in [-0.2, 0) is 9.53 Å². The van der Waals surface area contributed by atoms with Gasteiger partial charge in [-0.25, -0.2) is 0 Å². The Hall–Kier alpha value is -2.90. The summed E-state index contributed by atoms with van der Waals surface area (Å²) in [6.45, 7) is 2.37. The number of rotatable bonds is 6. The zero-order valence-electron chi connectivity index (χ0n) is 17.2. The number of carbonyl (C=O) groups excluding carboxylic acids is 1. The molecule has 4 rings (SSSR count). The van der Waals surface area contributed by atoms with Crippen LogP contribution in [0.5, 0.6) is 0 Å². The first-order chi connectivity index (χ1) is 15.0. The fourth-order valence-electron chi connectivity index (χ4n) is 3.80. The van der Waals surface area contributed by atoms with Gasteiger partial charge in [0.1, 0.15) is 17.6 Å². The van der Waals surface area contributed by atoms with Gasteiger partial charge in [-0.05, 0) is 55.0 Å². The number of pyridine rings is 1. The molecule has 1 fully saturated rings. The number of hydrogen-bond acceptors (Lipinski definition) is 5. The van der Waals surface area contributed by atoms with Gasteiger partial charge in [0.05, 0.1) is 25.3 Å². The van der Waals surface area contributed by atoms with Crippen molar-refractivity contribution in [1.29, 1.82) is 0 Å². The first-order valence-corrected chi connectivity index (χ1v) is 10.7. The van der Waals surface area contributed by atoms with Gasteiger partial charge in [0.2, 0.25) is 0 Å². The number of hydrogen-bond donors (Lipinski definition) is 1. The first-order valence-electron chi connectivity index (χ1n) is 9.89. The minimum absolute atomic E-state index is 0.213. The predicted octanol–water partition coefficient (Wildman–Crippen LogP) is 4.84. The molecule has 0 amide bonds. The minimum Gasteiger partial charge on any atom is -0.469 e. The van der Waals surface area contributed by atoms with Crippen LogP contribution in [0.25, 0.3) is 11.3 Å². The number of furan rings is 1. The van der Waals surface area contributed by atoms with Crippen molar-refractivity contribution in [2.24, 2.45) is 0 Å². The first kappa shape index (κ1) is 21.3. The molecule has 3 aromatic rings. The summed E-state index contributed by atoms with van der Waals surface area (Å²) in [5.41, 5.74) is 2.73. The highest BCUT2D eigenvalue weighted by Crippen LogP contribution is 2.41. The minimum atomic E-state index is -0.294. The topological polar surface area (TPSA) is 67.6 Å². The lowest BCUT2D eigenvalue weighted by Crippen LogP contribution is -2.31. The second-order valence-electron chi connectivity index (χ2n) is 7.26. The van der Waals surface area contributed by atoms with Gasteiger partial charge in [-0.3, -0.25) is 9.78 Å². The van der Waals surface area contributed by atoms with Gasteiger partial charge in [0, 0.05) is 23.3 Å². The van der Waals surface area contributed by atoms with Crippen molar-refractivity contribution in [3.63, 3.8) is 0 Å². The molecule has 1 saturated heterocycles. The van der Waals surface area contributed by atoms with Crippen LogP contribution in [0.4, 0.5) is 0 Å². The zero-order chi connectivity index (χ0) is 22.0. The van der Waals surface area contributed by atoms with E-state index in [9.17, 15) is 4.79 Å². The lowest BCUT2D eigenvalue weighted by atomic mass is 10.0. The Morgan fingerprint density at radius 3 is 2.84 bits per heavy atom. The van der Waals surface area contributed by atoms with E-state index in [0.29, 0.717) is 16.7 Å². The van der Waals surface area contributed by atoms with Gasteiger partial charge in [-0.15, -0.1) is 0 Å². The third-order valence-corrected chi connectivity index (χ3v) is 6.20. The summed E-state index contributed by atoms with van der Waals surface area (Å²) in [4.78, 5) is 18.2. The molecule has 1 aromatic carbocycles. The normalized spacial score (nSPS) is 18.2. The molecule has 3 heterocycles. The van der Waals surface area contributed by atoms with Crippen molar-refractivity contribution in [3.05, 3.63) is 76.8 Å². The molecular weight excluding hydrogens is 434 g/mol. The second kappa shape index (κ2) is 9.08. The van der Waals surface area contributed by atoms with Gasteiger partial charge >= 0.3 is 5.97 Å². The highest BCUT2D eigenvalue weighted by atomic mass is 35.5. The second-order valence-corrected chi connectivity index (χ2v) is 8.05. The van der Waals surface area contributed by atoms with Crippen molar-refractivity contribution in [3.8, 4) is 11.3 Å². The summed E-state index contributed by atoms with van der Waals surface area (Å²) in [5.74, 6) is 1.15. The van der Waals surface area contributed by atoms with E-state index in [2.05, 4.69) is 10.3 Å². The molecule has 0 saturated carbocycles. The van der Waals surface area contributed by atoms with Crippen molar-refractivity contribution in [2.45, 2.75) is 25.4 Å². The summed E-state index contributed by atoms with van der Waals surface area (Å²) >= 11 is 11.9. The molecule has 8 heteroatoms. The quantitative estimate of drug-likeness (QED) is 0.421. The van der Waals surface area contributed by atoms with E-state index in [-0.39, 0.29) is 24.5 Å². The third-order valence-electron chi connectivity index (χ3n) is 5.43. The van der Waals surface area contributed by atoms with E-state index < -0.39 is 0 Å². The highest BCUT2D eigenvalue weighted by Gasteiger charge is 2.41. The number of ether oxygens (including phenoxy) is 1. The van der Waals surface area contributed by atoms with E-state index in [0.717, 1.165) is 28.3 Å². The van der Waals surface area contributed by atoms with Crippen LogP contribution in [0.2, 0.25) is 5.02 Å². The van der Waals surface area contributed by atoms with Crippen molar-refractivity contribution >= 4 is 34.9 Å². The number of carbonyl (C=O) groups is 1. The fourth-order valence-corrected chi connectivity index (χ4v) is 4.31. The third kappa shape index (κ3) is 4.29. The summed E-state index contributed by atoms with van der Waals surface area (Å²) < 4.78 is 11.1. The maximum absolute atomic E-state index is 11.8. The lowest BCUT2D eigenvalue weighted by Gasteiger charge is -2.25. The van der Waals surface area contributed by atoms with Gasteiger partial charge in [0.15, 0.2) is 5.11 Å². The molecule has 1 N–H and O–H groups in total. The molecule has 0 spiro atoms. The Balaban J connectivity index is 1.71. The number of thiocarbonyl (C=S) groups is 1. The molecule has 2 atom stereocenters. The highest BCUT2D eigenvalue weighted by molar-refractivity contribution is 7.80. The van der Waals surface area contributed by atoms with Crippen LogP contribution >= 0.6 is 23.8 Å². The lowest BCUT2D eigenvalue weighted by molar-refractivity contribution is -0.140. The predicted molar refractivity (Wildman–Crippen MR) is 123 cm³/mol. The zero-order valence-corrected chi connectivity index (χ0v) is 18.7. The van der Waals surface area contributed by atoms with E-state index in [1.807, 2.05) is 60.4 Å². The number of esters is 1. The van der Waals surface area contributed by atoms with Crippen LogP contribution < -0.4 is 5.32 Å². The molecule has 0 bridgehead atoms. The van der Waals surface area contributed by atoms with Gasteiger partial charge in [-0.2, -0.15) is 0 Å². The molecule has 6 nitrogen and oxygen atoms in total. The number of halogens is 1. The average molecular weight is 456 g/mol. The standard InChI is InChI=1S/C23H22ClN3O3S/c1-14-15(6-5-7-16(14)24)18-9-10-19(30-18)22-21(17-8-3-4-12-25-17)26-23(31)27(22)13-11-20(28)29-2/h3-10,12,21-22H,11,13H2,1-2H3,(H,26,31)/t21-,22+/m1/s1. The molecular formula is C23H22ClN3O3S. The van der Waals surface area contributed by atoms with Crippen LogP contribution in [-0.4, -0.2) is 34.6 Å². The van der Waals surface area contributed by atoms with E-state index in [4.69, 9.17) is 33.0 Å². The van der Waals surface area contributed by atoms with Crippen molar-refractivity contribution in [2.75, 3.05) is 13.7 Å². The van der Waals surface area contributed by atoms with Crippen LogP contribution in [0, 0.1) is 6.92 Å². The SMILES string of the molecule is COC(=O)CCN1C(=S)N[C@H](c2ccccn2)[C@@H]1c1ccc(-c2cccc(Cl)c2C)o1. The summed E-state index contributed by atoms with van der Waals surface area (Å²) in [6.07, 6.45) is 1.96.